The van der Waals surface area contributed by atoms with E-state index in [9.17, 15) is 0 Å². The van der Waals surface area contributed by atoms with Gasteiger partial charge in [-0.15, -0.1) is 0 Å². The lowest BCUT2D eigenvalue weighted by Gasteiger charge is -2.13. The van der Waals surface area contributed by atoms with Crippen LogP contribution in [0.4, 0.5) is 11.6 Å². The Labute approximate surface area is 143 Å². The normalized spacial score (nSPS) is 15.1. The fraction of sp³-hybridized carbons (Fsp3) is 0.211. The van der Waals surface area contributed by atoms with Crippen molar-refractivity contribution in [1.29, 1.82) is 0 Å². The van der Waals surface area contributed by atoms with E-state index in [0.717, 1.165) is 34.9 Å². The van der Waals surface area contributed by atoms with E-state index in [2.05, 4.69) is 50.1 Å². The Bertz CT molecular complexity index is 863. The van der Waals surface area contributed by atoms with Crippen LogP contribution in [0, 0.1) is 0 Å². The number of nitrogens with zero attached hydrogens (tertiary/aromatic N) is 2. The van der Waals surface area contributed by atoms with Gasteiger partial charge in [0.25, 0.3) is 0 Å². The molecule has 0 amide bonds. The molecule has 0 unspecified atom stereocenters. The summed E-state index contributed by atoms with van der Waals surface area (Å²) in [7, 11) is 0. The molecule has 2 aromatic carbocycles. The molecule has 0 radical (unpaired) electrons. The molecule has 0 atom stereocenters. The van der Waals surface area contributed by atoms with Crippen molar-refractivity contribution in [2.24, 2.45) is 4.99 Å². The summed E-state index contributed by atoms with van der Waals surface area (Å²) >= 11 is 3.59. The molecule has 4 rings (SSSR count). The highest BCUT2D eigenvalue weighted by Gasteiger charge is 2.19. The van der Waals surface area contributed by atoms with Gasteiger partial charge in [-0.2, -0.15) is 0 Å². The van der Waals surface area contributed by atoms with Crippen LogP contribution in [-0.2, 0) is 0 Å². The van der Waals surface area contributed by atoms with Gasteiger partial charge in [0.2, 0.25) is 5.88 Å². The van der Waals surface area contributed by atoms with Gasteiger partial charge in [-0.3, -0.25) is 4.99 Å². The maximum atomic E-state index is 5.94. The Morgan fingerprint density at radius 3 is 2.61 bits per heavy atom. The molecule has 0 N–H and O–H groups in total. The number of anilines is 1. The first-order valence-electron chi connectivity index (χ1n) is 7.87. The Hall–Kier alpha value is -2.07. The highest BCUT2D eigenvalue weighted by Crippen LogP contribution is 2.32. The van der Waals surface area contributed by atoms with E-state index in [1.807, 2.05) is 24.3 Å². The Kier molecular flexibility index (Phi) is 3.92. The summed E-state index contributed by atoms with van der Waals surface area (Å²) in [6.07, 6.45) is 4.25. The summed E-state index contributed by atoms with van der Waals surface area (Å²) < 4.78 is 6.94. The first kappa shape index (κ1) is 14.5. The lowest BCUT2D eigenvalue weighted by molar-refractivity contribution is 0.549. The van der Waals surface area contributed by atoms with Crippen LogP contribution in [0.2, 0.25) is 0 Å². The average Bonchev–Trinajstić information content (AvgIpc) is 3.22. The van der Waals surface area contributed by atoms with Crippen LogP contribution < -0.4 is 4.90 Å². The average molecular weight is 369 g/mol. The zero-order valence-electron chi connectivity index (χ0n) is 12.7. The van der Waals surface area contributed by atoms with E-state index in [-0.39, 0.29) is 0 Å². The largest absolute Gasteiger partial charge is 0.438 e. The summed E-state index contributed by atoms with van der Waals surface area (Å²) in [4.78, 5) is 6.82. The first-order chi connectivity index (χ1) is 11.3. The molecule has 23 heavy (non-hydrogen) atoms. The third-order valence-corrected chi connectivity index (χ3v) is 4.72. The van der Waals surface area contributed by atoms with E-state index >= 15 is 0 Å². The summed E-state index contributed by atoms with van der Waals surface area (Å²) in [6, 6.07) is 16.5. The zero-order valence-corrected chi connectivity index (χ0v) is 14.3. The Balaban J connectivity index is 1.58. The van der Waals surface area contributed by atoms with Gasteiger partial charge >= 0.3 is 0 Å². The quantitative estimate of drug-likeness (QED) is 0.567. The number of halogens is 1. The van der Waals surface area contributed by atoms with Crippen molar-refractivity contribution in [1.82, 2.24) is 0 Å². The molecule has 3 aromatic rings. The van der Waals surface area contributed by atoms with Crippen LogP contribution in [0.15, 0.2) is 62.4 Å². The number of hydrogen-bond donors (Lipinski definition) is 0. The van der Waals surface area contributed by atoms with E-state index in [1.165, 1.54) is 23.6 Å². The molecule has 0 aliphatic carbocycles. The molecule has 1 fully saturated rings. The molecule has 0 spiro atoms. The number of aliphatic imine (C=N–C) groups is 1. The minimum atomic E-state index is 0.770. The third kappa shape index (κ3) is 3.04. The van der Waals surface area contributed by atoms with Gasteiger partial charge in [0.1, 0.15) is 5.76 Å². The second-order valence-electron chi connectivity index (χ2n) is 5.79. The van der Waals surface area contributed by atoms with E-state index in [1.54, 1.807) is 6.21 Å². The minimum Gasteiger partial charge on any atom is -0.438 e. The second kappa shape index (κ2) is 6.20. The van der Waals surface area contributed by atoms with Crippen LogP contribution in [-0.4, -0.2) is 19.3 Å². The number of rotatable bonds is 3. The van der Waals surface area contributed by atoms with Gasteiger partial charge in [0, 0.05) is 19.2 Å². The predicted molar refractivity (Wildman–Crippen MR) is 99.1 cm³/mol. The molecule has 3 nitrogen and oxygen atoms in total. The minimum absolute atomic E-state index is 0.770. The van der Waals surface area contributed by atoms with Gasteiger partial charge in [0.05, 0.1) is 16.4 Å². The molecule has 0 saturated carbocycles. The van der Waals surface area contributed by atoms with Crippen LogP contribution in [0.5, 0.6) is 0 Å². The van der Waals surface area contributed by atoms with Gasteiger partial charge in [-0.1, -0.05) is 30.3 Å². The SMILES string of the molecule is Brc1cc(C=Nc2ccc3ccccc3c2)oc1N1CCCC1. The highest BCUT2D eigenvalue weighted by atomic mass is 79.9. The third-order valence-electron chi connectivity index (χ3n) is 4.16. The maximum absolute atomic E-state index is 5.94. The standard InChI is InChI=1S/C19H17BrN2O/c20-18-12-17(23-19(18)22-9-3-4-10-22)13-21-16-8-7-14-5-1-2-6-15(14)11-16/h1-2,5-8,11-13H,3-4,9-10H2. The van der Waals surface area contributed by atoms with Crippen molar-refractivity contribution < 1.29 is 4.42 Å². The highest BCUT2D eigenvalue weighted by molar-refractivity contribution is 9.10. The van der Waals surface area contributed by atoms with Crippen molar-refractivity contribution in [3.8, 4) is 0 Å². The van der Waals surface area contributed by atoms with Crippen molar-refractivity contribution in [3.05, 3.63) is 58.8 Å². The maximum Gasteiger partial charge on any atom is 0.210 e. The lowest BCUT2D eigenvalue weighted by atomic mass is 10.1. The van der Waals surface area contributed by atoms with Crippen LogP contribution >= 0.6 is 15.9 Å². The van der Waals surface area contributed by atoms with Gasteiger partial charge in [-0.05, 0) is 51.7 Å². The van der Waals surface area contributed by atoms with E-state index in [0.29, 0.717) is 0 Å². The van der Waals surface area contributed by atoms with Gasteiger partial charge < -0.3 is 9.32 Å². The van der Waals surface area contributed by atoms with Gasteiger partial charge in [-0.25, -0.2) is 0 Å². The molecule has 4 heteroatoms. The molecule has 2 heterocycles. The number of fused-ring (bicyclic) bond motifs is 1. The molecular weight excluding hydrogens is 352 g/mol. The summed E-state index contributed by atoms with van der Waals surface area (Å²) in [5.74, 6) is 1.69. The van der Waals surface area contributed by atoms with Crippen LogP contribution in [0.25, 0.3) is 10.8 Å². The topological polar surface area (TPSA) is 28.7 Å². The summed E-state index contributed by atoms with van der Waals surface area (Å²) in [5, 5.41) is 2.42. The summed E-state index contributed by atoms with van der Waals surface area (Å²) in [6.45, 7) is 2.13. The molecule has 1 aliphatic rings. The first-order valence-corrected chi connectivity index (χ1v) is 8.66. The number of hydrogen-bond acceptors (Lipinski definition) is 3. The molecule has 0 bridgehead atoms. The number of benzene rings is 2. The van der Waals surface area contributed by atoms with E-state index < -0.39 is 0 Å². The van der Waals surface area contributed by atoms with Crippen molar-refractivity contribution in [2.75, 3.05) is 18.0 Å². The Morgan fingerprint density at radius 2 is 1.78 bits per heavy atom. The molecule has 1 aliphatic heterocycles. The van der Waals surface area contributed by atoms with Crippen molar-refractivity contribution in [3.63, 3.8) is 0 Å². The van der Waals surface area contributed by atoms with Crippen molar-refractivity contribution in [2.45, 2.75) is 12.8 Å². The lowest BCUT2D eigenvalue weighted by Crippen LogP contribution is -2.17. The molecule has 1 saturated heterocycles. The molecule has 1 aromatic heterocycles. The fourth-order valence-electron chi connectivity index (χ4n) is 2.97. The smallest absolute Gasteiger partial charge is 0.210 e. The summed E-state index contributed by atoms with van der Waals surface area (Å²) in [5.41, 5.74) is 0.930. The van der Waals surface area contributed by atoms with Crippen LogP contribution in [0.3, 0.4) is 0 Å². The van der Waals surface area contributed by atoms with Crippen molar-refractivity contribution >= 4 is 44.5 Å². The zero-order chi connectivity index (χ0) is 15.6. The van der Waals surface area contributed by atoms with Crippen LogP contribution in [0.1, 0.15) is 18.6 Å². The fourth-order valence-corrected chi connectivity index (χ4v) is 3.53. The van der Waals surface area contributed by atoms with Gasteiger partial charge in [0.15, 0.2) is 0 Å². The molecule has 116 valence electrons. The predicted octanol–water partition coefficient (Wildman–Crippen LogP) is 5.55. The monoisotopic (exact) mass is 368 g/mol. The number of furan rings is 1. The van der Waals surface area contributed by atoms with E-state index in [4.69, 9.17) is 4.42 Å². The second-order valence-corrected chi connectivity index (χ2v) is 6.64. The Morgan fingerprint density at radius 1 is 1.00 bits per heavy atom. The molecular formula is C19H17BrN2O.